The number of allylic oxidation sites excluding steroid dienone is 1. The van der Waals surface area contributed by atoms with E-state index in [1.165, 1.54) is 27.5 Å². The SMILES string of the molecule is C=C(C)C(C)(C)c1c(C(C)C)ccc2ccccc12. The van der Waals surface area contributed by atoms with E-state index in [9.17, 15) is 0 Å². The Bertz CT molecular complexity index is 615. The lowest BCUT2D eigenvalue weighted by Crippen LogP contribution is -2.21. The van der Waals surface area contributed by atoms with Gasteiger partial charge in [-0.05, 0) is 34.7 Å². The van der Waals surface area contributed by atoms with Gasteiger partial charge in [0.05, 0.1) is 0 Å². The fraction of sp³-hybridized carbons (Fsp3) is 0.368. The van der Waals surface area contributed by atoms with Crippen LogP contribution in [0.1, 0.15) is 51.7 Å². The minimum Gasteiger partial charge on any atom is -0.0993 e. The molecule has 2 rings (SSSR count). The van der Waals surface area contributed by atoms with Gasteiger partial charge in [0.1, 0.15) is 0 Å². The van der Waals surface area contributed by atoms with Crippen LogP contribution in [0, 0.1) is 0 Å². The second-order valence-electron chi connectivity index (χ2n) is 6.31. The predicted molar refractivity (Wildman–Crippen MR) is 85.9 cm³/mol. The number of rotatable bonds is 3. The molecule has 0 radical (unpaired) electrons. The average molecular weight is 252 g/mol. The van der Waals surface area contributed by atoms with E-state index in [4.69, 9.17) is 0 Å². The van der Waals surface area contributed by atoms with Crippen LogP contribution in [0.3, 0.4) is 0 Å². The highest BCUT2D eigenvalue weighted by atomic mass is 14.3. The lowest BCUT2D eigenvalue weighted by Gasteiger charge is -2.31. The topological polar surface area (TPSA) is 0 Å². The summed E-state index contributed by atoms with van der Waals surface area (Å²) >= 11 is 0. The molecule has 0 nitrogen and oxygen atoms in total. The number of fused-ring (bicyclic) bond motifs is 1. The third kappa shape index (κ3) is 2.32. The molecule has 2 aromatic carbocycles. The zero-order valence-corrected chi connectivity index (χ0v) is 12.7. The van der Waals surface area contributed by atoms with Crippen molar-refractivity contribution in [2.24, 2.45) is 0 Å². The summed E-state index contributed by atoms with van der Waals surface area (Å²) in [6, 6.07) is 13.2. The zero-order valence-electron chi connectivity index (χ0n) is 12.7. The number of hydrogen-bond acceptors (Lipinski definition) is 0. The van der Waals surface area contributed by atoms with Crippen LogP contribution in [-0.2, 0) is 5.41 Å². The van der Waals surface area contributed by atoms with E-state index in [0.717, 1.165) is 0 Å². The molecule has 100 valence electrons. The van der Waals surface area contributed by atoms with Gasteiger partial charge in [0, 0.05) is 5.41 Å². The quantitative estimate of drug-likeness (QED) is 0.604. The summed E-state index contributed by atoms with van der Waals surface area (Å²) in [4.78, 5) is 0. The second-order valence-corrected chi connectivity index (χ2v) is 6.31. The Balaban J connectivity index is 2.88. The van der Waals surface area contributed by atoms with Crippen LogP contribution in [0.15, 0.2) is 48.6 Å². The van der Waals surface area contributed by atoms with Gasteiger partial charge in [0.25, 0.3) is 0 Å². The standard InChI is InChI=1S/C19H24/c1-13(2)16-12-11-15-9-7-8-10-17(15)18(16)19(5,6)14(3)4/h7-13H,3H2,1-2,4-6H3. The summed E-state index contributed by atoms with van der Waals surface area (Å²) in [7, 11) is 0. The lowest BCUT2D eigenvalue weighted by atomic mass is 9.73. The summed E-state index contributed by atoms with van der Waals surface area (Å²) < 4.78 is 0. The first-order chi connectivity index (χ1) is 8.85. The van der Waals surface area contributed by atoms with E-state index in [1.54, 1.807) is 0 Å². The minimum absolute atomic E-state index is 0.000463. The van der Waals surface area contributed by atoms with Gasteiger partial charge in [-0.3, -0.25) is 0 Å². The molecule has 0 N–H and O–H groups in total. The smallest absolute Gasteiger partial charge is 0.0109 e. The first-order valence-corrected chi connectivity index (χ1v) is 7.03. The van der Waals surface area contributed by atoms with Crippen molar-refractivity contribution >= 4 is 10.8 Å². The molecule has 19 heavy (non-hydrogen) atoms. The molecule has 0 atom stereocenters. The van der Waals surface area contributed by atoms with Crippen LogP contribution in [-0.4, -0.2) is 0 Å². The molecule has 0 heteroatoms. The van der Waals surface area contributed by atoms with E-state index in [1.807, 2.05) is 0 Å². The van der Waals surface area contributed by atoms with Crippen molar-refractivity contribution in [3.05, 3.63) is 59.7 Å². The monoisotopic (exact) mass is 252 g/mol. The molecule has 0 spiro atoms. The van der Waals surface area contributed by atoms with Crippen molar-refractivity contribution in [1.29, 1.82) is 0 Å². The molecule has 0 unspecified atom stereocenters. The molecular formula is C19H24. The maximum absolute atomic E-state index is 4.21. The van der Waals surface area contributed by atoms with Crippen molar-refractivity contribution in [2.75, 3.05) is 0 Å². The van der Waals surface area contributed by atoms with Crippen molar-refractivity contribution in [3.8, 4) is 0 Å². The summed E-state index contributed by atoms with van der Waals surface area (Å²) in [6.45, 7) is 15.4. The Morgan fingerprint density at radius 3 is 2.26 bits per heavy atom. The lowest BCUT2D eigenvalue weighted by molar-refractivity contribution is 0.617. The highest BCUT2D eigenvalue weighted by Crippen LogP contribution is 2.40. The summed E-state index contributed by atoms with van der Waals surface area (Å²) in [6.07, 6.45) is 0. The molecule has 0 fully saturated rings. The van der Waals surface area contributed by atoms with Crippen molar-refractivity contribution in [3.63, 3.8) is 0 Å². The van der Waals surface area contributed by atoms with E-state index in [2.05, 4.69) is 77.6 Å². The molecule has 0 aliphatic rings. The Hall–Kier alpha value is -1.56. The number of hydrogen-bond donors (Lipinski definition) is 0. The van der Waals surface area contributed by atoms with Gasteiger partial charge in [0.15, 0.2) is 0 Å². The van der Waals surface area contributed by atoms with E-state index < -0.39 is 0 Å². The minimum atomic E-state index is 0.000463. The fourth-order valence-corrected chi connectivity index (χ4v) is 2.68. The number of benzene rings is 2. The Morgan fingerprint density at radius 2 is 1.68 bits per heavy atom. The van der Waals surface area contributed by atoms with Crippen molar-refractivity contribution < 1.29 is 0 Å². The first kappa shape index (κ1) is 13.9. The second kappa shape index (κ2) is 4.85. The molecule has 0 aliphatic carbocycles. The highest BCUT2D eigenvalue weighted by molar-refractivity contribution is 5.88. The van der Waals surface area contributed by atoms with E-state index in [0.29, 0.717) is 5.92 Å². The Kier molecular flexibility index (Phi) is 3.54. The Morgan fingerprint density at radius 1 is 1.05 bits per heavy atom. The molecule has 0 heterocycles. The van der Waals surface area contributed by atoms with Crippen LogP contribution in [0.2, 0.25) is 0 Å². The summed E-state index contributed by atoms with van der Waals surface area (Å²) in [5.41, 5.74) is 4.09. The van der Waals surface area contributed by atoms with Gasteiger partial charge in [0.2, 0.25) is 0 Å². The molecule has 0 saturated heterocycles. The molecule has 0 amide bonds. The molecule has 0 aliphatic heterocycles. The predicted octanol–water partition coefficient (Wildman–Crippen LogP) is 5.82. The normalized spacial score (nSPS) is 12.1. The third-order valence-electron chi connectivity index (χ3n) is 4.28. The average Bonchev–Trinajstić information content (AvgIpc) is 2.36. The van der Waals surface area contributed by atoms with Crippen LogP contribution in [0.25, 0.3) is 10.8 Å². The zero-order chi connectivity index (χ0) is 14.2. The van der Waals surface area contributed by atoms with Crippen LogP contribution < -0.4 is 0 Å². The molecule has 2 aromatic rings. The maximum Gasteiger partial charge on any atom is 0.0109 e. The van der Waals surface area contributed by atoms with Crippen LogP contribution in [0.4, 0.5) is 0 Å². The Labute approximate surface area is 117 Å². The van der Waals surface area contributed by atoms with Gasteiger partial charge in [-0.1, -0.05) is 76.2 Å². The van der Waals surface area contributed by atoms with E-state index in [-0.39, 0.29) is 5.41 Å². The maximum atomic E-state index is 4.21. The van der Waals surface area contributed by atoms with Crippen LogP contribution in [0.5, 0.6) is 0 Å². The molecule has 0 bridgehead atoms. The van der Waals surface area contributed by atoms with Crippen molar-refractivity contribution in [2.45, 2.75) is 46.0 Å². The summed E-state index contributed by atoms with van der Waals surface area (Å²) in [5, 5.41) is 2.68. The van der Waals surface area contributed by atoms with Gasteiger partial charge in [-0.25, -0.2) is 0 Å². The first-order valence-electron chi connectivity index (χ1n) is 7.03. The molecule has 0 saturated carbocycles. The third-order valence-corrected chi connectivity index (χ3v) is 4.28. The van der Waals surface area contributed by atoms with Gasteiger partial charge in [-0.15, -0.1) is 0 Å². The van der Waals surface area contributed by atoms with E-state index >= 15 is 0 Å². The van der Waals surface area contributed by atoms with Gasteiger partial charge in [-0.2, -0.15) is 0 Å². The largest absolute Gasteiger partial charge is 0.0993 e. The van der Waals surface area contributed by atoms with Crippen LogP contribution >= 0.6 is 0 Å². The van der Waals surface area contributed by atoms with Gasteiger partial charge >= 0.3 is 0 Å². The fourth-order valence-electron chi connectivity index (χ4n) is 2.68. The molecule has 0 aromatic heterocycles. The molecular weight excluding hydrogens is 228 g/mol. The highest BCUT2D eigenvalue weighted by Gasteiger charge is 2.27. The van der Waals surface area contributed by atoms with Crippen molar-refractivity contribution in [1.82, 2.24) is 0 Å². The van der Waals surface area contributed by atoms with Gasteiger partial charge < -0.3 is 0 Å². The summed E-state index contributed by atoms with van der Waals surface area (Å²) in [5.74, 6) is 0.526.